The normalized spacial score (nSPS) is 17.8. The zero-order valence-corrected chi connectivity index (χ0v) is 30.6. The van der Waals surface area contributed by atoms with Gasteiger partial charge in [0.1, 0.15) is 18.2 Å². The third kappa shape index (κ3) is 17.9. The average Bonchev–Trinajstić information content (AvgIpc) is 3.01. The van der Waals surface area contributed by atoms with Crippen LogP contribution in [0.3, 0.4) is 0 Å². The molecule has 0 saturated heterocycles. The van der Waals surface area contributed by atoms with Gasteiger partial charge in [0.05, 0.1) is 7.11 Å². The molecule has 1 aliphatic heterocycles. The van der Waals surface area contributed by atoms with Crippen LogP contribution >= 0.6 is 21.6 Å². The molecule has 12 heteroatoms. The number of methoxy groups -OCH3 is 1. The molecule has 262 valence electrons. The Labute approximate surface area is 288 Å². The standard InChI is InChI=1S/C35H53N3O7S2/c1-9-10-16-27(44-34(42)37-22-14-23-47-46-8)17-13-21-36-32(40)31(35(4,5)6)38-30(39)18-12-11-15-25(2)24-26(3)28-19-20-29(43-7)33(41)45-28/h9-13,15,18,20-21,24,26-28,31H,14,16-17,19,22-23H2,1-8H3,(H,36,40)(H,37,42)(H,38,39)/b10-9-,15-11-,18-12-,21-13-,25-24+/t26-,27-,28-,31+/m0/s1. The number of carbonyl (C=O) groups excluding carboxylic acids is 4. The molecule has 0 unspecified atom stereocenters. The van der Waals surface area contributed by atoms with E-state index in [1.54, 1.807) is 45.9 Å². The molecule has 1 rings (SSSR count). The average molecular weight is 692 g/mol. The van der Waals surface area contributed by atoms with Crippen molar-refractivity contribution in [2.24, 2.45) is 11.3 Å². The lowest BCUT2D eigenvalue weighted by Crippen LogP contribution is -2.52. The number of hydrogen-bond donors (Lipinski definition) is 3. The number of ether oxygens (including phenoxy) is 3. The lowest BCUT2D eigenvalue weighted by Gasteiger charge is -2.29. The van der Waals surface area contributed by atoms with Crippen molar-refractivity contribution < 1.29 is 33.4 Å². The zero-order chi connectivity index (χ0) is 35.2. The molecule has 0 aliphatic carbocycles. The van der Waals surface area contributed by atoms with Gasteiger partial charge in [-0.15, -0.1) is 0 Å². The second-order valence-corrected chi connectivity index (χ2v) is 14.7. The first-order valence-corrected chi connectivity index (χ1v) is 18.5. The van der Waals surface area contributed by atoms with Crippen molar-refractivity contribution in [3.8, 4) is 0 Å². The number of carbonyl (C=O) groups is 4. The summed E-state index contributed by atoms with van der Waals surface area (Å²) in [4.78, 5) is 49.9. The van der Waals surface area contributed by atoms with E-state index in [-0.39, 0.29) is 29.8 Å². The Kier molecular flexibility index (Phi) is 20.4. The van der Waals surface area contributed by atoms with Crippen LogP contribution in [0.5, 0.6) is 0 Å². The molecular formula is C35H53N3O7S2. The highest BCUT2D eigenvalue weighted by molar-refractivity contribution is 8.76. The fourth-order valence-electron chi connectivity index (χ4n) is 4.35. The van der Waals surface area contributed by atoms with E-state index in [1.165, 1.54) is 19.4 Å². The van der Waals surface area contributed by atoms with Gasteiger partial charge in [0.2, 0.25) is 11.8 Å². The van der Waals surface area contributed by atoms with Gasteiger partial charge in [-0.3, -0.25) is 9.59 Å². The predicted octanol–water partition coefficient (Wildman–Crippen LogP) is 6.54. The molecule has 0 aromatic heterocycles. The molecule has 3 amide bonds. The summed E-state index contributed by atoms with van der Waals surface area (Å²) in [5, 5.41) is 8.32. The molecule has 10 nitrogen and oxygen atoms in total. The van der Waals surface area contributed by atoms with Crippen molar-refractivity contribution in [3.05, 3.63) is 72.2 Å². The van der Waals surface area contributed by atoms with Crippen LogP contribution in [0.15, 0.2) is 72.2 Å². The number of esters is 1. The SMILES string of the molecule is C/C=C\C[C@@H](C/C=C\NC(=O)[C@@H](NC(=O)\C=C/C=C\C(C)=C\[C@H](C)[C@@H]1CC=C(OC)C(=O)O1)C(C)(C)C)OC(=O)NCCCSSC. The highest BCUT2D eigenvalue weighted by Gasteiger charge is 2.32. The molecule has 0 radical (unpaired) electrons. The summed E-state index contributed by atoms with van der Waals surface area (Å²) >= 11 is 0. The Balaban J connectivity index is 2.66. The van der Waals surface area contributed by atoms with Crippen LogP contribution in [-0.4, -0.2) is 67.8 Å². The number of allylic oxidation sites excluding steroid dienone is 5. The van der Waals surface area contributed by atoms with E-state index < -0.39 is 29.4 Å². The van der Waals surface area contributed by atoms with Crippen molar-refractivity contribution in [2.45, 2.75) is 85.5 Å². The maximum atomic E-state index is 13.0. The molecule has 1 heterocycles. The van der Waals surface area contributed by atoms with E-state index in [9.17, 15) is 19.2 Å². The Hall–Kier alpha value is -3.38. The lowest BCUT2D eigenvalue weighted by molar-refractivity contribution is -0.151. The quantitative estimate of drug-likeness (QED) is 0.0345. The van der Waals surface area contributed by atoms with Crippen molar-refractivity contribution in [2.75, 3.05) is 25.7 Å². The maximum absolute atomic E-state index is 13.0. The minimum absolute atomic E-state index is 0.0134. The lowest BCUT2D eigenvalue weighted by atomic mass is 9.86. The Morgan fingerprint density at radius 3 is 2.49 bits per heavy atom. The molecule has 1 aliphatic rings. The highest BCUT2D eigenvalue weighted by Crippen LogP contribution is 2.23. The molecule has 0 saturated carbocycles. The van der Waals surface area contributed by atoms with E-state index in [1.807, 2.05) is 72.1 Å². The number of hydrogen-bond acceptors (Lipinski definition) is 9. The van der Waals surface area contributed by atoms with Crippen LogP contribution in [0.4, 0.5) is 4.79 Å². The van der Waals surface area contributed by atoms with Crippen LogP contribution in [0.2, 0.25) is 0 Å². The van der Waals surface area contributed by atoms with Crippen molar-refractivity contribution in [1.29, 1.82) is 0 Å². The van der Waals surface area contributed by atoms with Crippen LogP contribution in [0.25, 0.3) is 0 Å². The number of nitrogens with one attached hydrogen (secondary N) is 3. The van der Waals surface area contributed by atoms with Gasteiger partial charge in [0, 0.05) is 43.6 Å². The third-order valence-corrected chi connectivity index (χ3v) is 8.80. The molecule has 4 atom stereocenters. The number of rotatable bonds is 19. The van der Waals surface area contributed by atoms with Gasteiger partial charge in [-0.25, -0.2) is 9.59 Å². The second kappa shape index (κ2) is 23.0. The summed E-state index contributed by atoms with van der Waals surface area (Å²) in [5.41, 5.74) is 0.386. The smallest absolute Gasteiger partial charge is 0.407 e. The monoisotopic (exact) mass is 691 g/mol. The van der Waals surface area contributed by atoms with E-state index in [4.69, 9.17) is 14.2 Å². The maximum Gasteiger partial charge on any atom is 0.407 e. The van der Waals surface area contributed by atoms with Crippen LogP contribution in [-0.2, 0) is 28.6 Å². The molecule has 0 aromatic rings. The second-order valence-electron chi connectivity index (χ2n) is 12.0. The summed E-state index contributed by atoms with van der Waals surface area (Å²) in [7, 11) is 4.88. The molecule has 0 aromatic carbocycles. The van der Waals surface area contributed by atoms with E-state index >= 15 is 0 Å². The fourth-order valence-corrected chi connectivity index (χ4v) is 5.64. The number of amides is 3. The number of cyclic esters (lactones) is 1. The van der Waals surface area contributed by atoms with Gasteiger partial charge >= 0.3 is 12.1 Å². The summed E-state index contributed by atoms with van der Waals surface area (Å²) in [5.74, 6) is -0.0668. The van der Waals surface area contributed by atoms with E-state index in [2.05, 4.69) is 16.0 Å². The summed E-state index contributed by atoms with van der Waals surface area (Å²) in [6.45, 7) is 12.0. The van der Waals surface area contributed by atoms with Crippen molar-refractivity contribution in [1.82, 2.24) is 16.0 Å². The minimum Gasteiger partial charge on any atom is -0.490 e. The fraction of sp³-hybridized carbons (Fsp3) is 0.543. The first-order chi connectivity index (χ1) is 22.3. The van der Waals surface area contributed by atoms with Crippen LogP contribution < -0.4 is 16.0 Å². The van der Waals surface area contributed by atoms with Gasteiger partial charge in [-0.2, -0.15) is 0 Å². The van der Waals surface area contributed by atoms with E-state index in [0.29, 0.717) is 25.8 Å². The van der Waals surface area contributed by atoms with Gasteiger partial charge in [-0.1, -0.05) is 97.4 Å². The van der Waals surface area contributed by atoms with Crippen LogP contribution in [0, 0.1) is 11.3 Å². The third-order valence-electron chi connectivity index (χ3n) is 6.90. The first kappa shape index (κ1) is 41.6. The highest BCUT2D eigenvalue weighted by atomic mass is 33.1. The number of alkyl carbamates (subject to hydrolysis) is 1. The largest absolute Gasteiger partial charge is 0.490 e. The zero-order valence-electron chi connectivity index (χ0n) is 29.0. The van der Waals surface area contributed by atoms with Crippen molar-refractivity contribution >= 4 is 45.5 Å². The van der Waals surface area contributed by atoms with Gasteiger partial charge in [0.15, 0.2) is 5.76 Å². The predicted molar refractivity (Wildman–Crippen MR) is 192 cm³/mol. The van der Waals surface area contributed by atoms with Crippen LogP contribution in [0.1, 0.15) is 67.2 Å². The molecule has 47 heavy (non-hydrogen) atoms. The molecule has 0 bridgehead atoms. The Morgan fingerprint density at radius 1 is 1.15 bits per heavy atom. The molecule has 0 spiro atoms. The molecule has 3 N–H and O–H groups in total. The van der Waals surface area contributed by atoms with Gasteiger partial charge in [-0.05, 0) is 44.2 Å². The van der Waals surface area contributed by atoms with E-state index in [0.717, 1.165) is 17.7 Å². The minimum atomic E-state index is -0.799. The molecular weight excluding hydrogens is 639 g/mol. The van der Waals surface area contributed by atoms with Gasteiger partial charge < -0.3 is 30.2 Å². The Bertz CT molecular complexity index is 1200. The topological polar surface area (TPSA) is 132 Å². The summed E-state index contributed by atoms with van der Waals surface area (Å²) in [6, 6.07) is -0.799. The first-order valence-electron chi connectivity index (χ1n) is 15.8. The van der Waals surface area contributed by atoms with Crippen molar-refractivity contribution in [3.63, 3.8) is 0 Å². The summed E-state index contributed by atoms with van der Waals surface area (Å²) < 4.78 is 16.0. The summed E-state index contributed by atoms with van der Waals surface area (Å²) in [6.07, 6.45) is 20.7. The molecule has 0 fully saturated rings. The van der Waals surface area contributed by atoms with Gasteiger partial charge in [0.25, 0.3) is 0 Å². The Morgan fingerprint density at radius 2 is 1.85 bits per heavy atom.